The molecule has 0 spiro atoms. The zero-order valence-electron chi connectivity index (χ0n) is 12.8. The molecule has 0 radical (unpaired) electrons. The van der Waals surface area contributed by atoms with Gasteiger partial charge in [0.05, 0.1) is 12.8 Å². The molecule has 5 nitrogen and oxygen atoms in total. The number of aryl methyl sites for hydroxylation is 1. The molecule has 0 amide bonds. The van der Waals surface area contributed by atoms with Crippen LogP contribution in [0.5, 0.6) is 5.75 Å². The van der Waals surface area contributed by atoms with Gasteiger partial charge in [-0.05, 0) is 24.6 Å². The van der Waals surface area contributed by atoms with Gasteiger partial charge in [0, 0.05) is 12.0 Å². The number of aromatic nitrogens is 3. The Morgan fingerprint density at radius 3 is 2.55 bits per heavy atom. The zero-order valence-corrected chi connectivity index (χ0v) is 12.8. The lowest BCUT2D eigenvalue weighted by atomic mass is 9.90. The van der Waals surface area contributed by atoms with Crippen molar-refractivity contribution < 1.29 is 4.74 Å². The molecular weight excluding hydrogens is 252 g/mol. The Bertz CT molecular complexity index is 611. The Kier molecular flexibility index (Phi) is 3.81. The number of nitrogens with zero attached hydrogens (tertiary/aromatic N) is 3. The van der Waals surface area contributed by atoms with E-state index in [2.05, 4.69) is 31.1 Å². The average Bonchev–Trinajstić information content (AvgIpc) is 2.82. The first-order valence-electron chi connectivity index (χ1n) is 6.68. The van der Waals surface area contributed by atoms with Crippen molar-refractivity contribution >= 4 is 0 Å². The second-order valence-corrected chi connectivity index (χ2v) is 5.93. The lowest BCUT2D eigenvalue weighted by Gasteiger charge is -2.22. The van der Waals surface area contributed by atoms with Crippen LogP contribution in [0.15, 0.2) is 18.2 Å². The number of ether oxygens (including phenoxy) is 1. The van der Waals surface area contributed by atoms with Crippen molar-refractivity contribution in [1.29, 1.82) is 0 Å². The second-order valence-electron chi connectivity index (χ2n) is 5.93. The van der Waals surface area contributed by atoms with Crippen molar-refractivity contribution in [2.45, 2.75) is 39.7 Å². The van der Waals surface area contributed by atoms with Crippen LogP contribution in [0.25, 0.3) is 5.69 Å². The minimum Gasteiger partial charge on any atom is -0.494 e. The molecule has 2 aromatic rings. The van der Waals surface area contributed by atoms with Crippen LogP contribution in [0.3, 0.4) is 0 Å². The summed E-state index contributed by atoms with van der Waals surface area (Å²) >= 11 is 0. The van der Waals surface area contributed by atoms with Crippen LogP contribution in [0.4, 0.5) is 0 Å². The zero-order chi connectivity index (χ0) is 14.9. The van der Waals surface area contributed by atoms with E-state index < -0.39 is 0 Å². The summed E-state index contributed by atoms with van der Waals surface area (Å²) < 4.78 is 7.29. The minimum absolute atomic E-state index is 0.104. The van der Waals surface area contributed by atoms with Crippen LogP contribution in [0.1, 0.15) is 37.7 Å². The lowest BCUT2D eigenvalue weighted by molar-refractivity contribution is 0.409. The second kappa shape index (κ2) is 5.25. The maximum atomic E-state index is 5.79. The molecular formula is C15H22N4O. The van der Waals surface area contributed by atoms with Gasteiger partial charge in [-0.1, -0.05) is 32.1 Å². The molecule has 0 fully saturated rings. The number of benzene rings is 1. The summed E-state index contributed by atoms with van der Waals surface area (Å²) in [5, 5.41) is 8.50. The predicted molar refractivity (Wildman–Crippen MR) is 79.2 cm³/mol. The number of methoxy groups -OCH3 is 1. The third-order valence-electron chi connectivity index (χ3n) is 3.21. The van der Waals surface area contributed by atoms with Gasteiger partial charge < -0.3 is 10.5 Å². The summed E-state index contributed by atoms with van der Waals surface area (Å²) in [6.45, 7) is 8.80. The molecule has 0 unspecified atom stereocenters. The van der Waals surface area contributed by atoms with E-state index in [1.54, 1.807) is 7.11 Å². The van der Waals surface area contributed by atoms with E-state index in [0.29, 0.717) is 6.54 Å². The SMILES string of the molecule is COc1ccc(C)cc1-n1nnc(CN)c1C(C)(C)C. The molecule has 0 saturated carbocycles. The molecule has 5 heteroatoms. The fourth-order valence-corrected chi connectivity index (χ4v) is 2.34. The van der Waals surface area contributed by atoms with E-state index in [9.17, 15) is 0 Å². The summed E-state index contributed by atoms with van der Waals surface area (Å²) in [6, 6.07) is 6.00. The Hall–Kier alpha value is -1.88. The van der Waals surface area contributed by atoms with Crippen molar-refractivity contribution in [2.24, 2.45) is 5.73 Å². The number of rotatable bonds is 3. The minimum atomic E-state index is -0.104. The Morgan fingerprint density at radius 2 is 2.00 bits per heavy atom. The summed E-state index contributed by atoms with van der Waals surface area (Å²) in [4.78, 5) is 0. The number of hydrogen-bond donors (Lipinski definition) is 1. The molecule has 1 aromatic heterocycles. The van der Waals surface area contributed by atoms with Crippen LogP contribution in [0, 0.1) is 6.92 Å². The third-order valence-corrected chi connectivity index (χ3v) is 3.21. The van der Waals surface area contributed by atoms with E-state index in [-0.39, 0.29) is 5.41 Å². The van der Waals surface area contributed by atoms with Crippen molar-refractivity contribution in [3.05, 3.63) is 35.2 Å². The molecule has 0 bridgehead atoms. The van der Waals surface area contributed by atoms with Crippen molar-refractivity contribution in [2.75, 3.05) is 7.11 Å². The molecule has 20 heavy (non-hydrogen) atoms. The number of nitrogens with two attached hydrogens (primary N) is 1. The van der Waals surface area contributed by atoms with Gasteiger partial charge in [-0.25, -0.2) is 4.68 Å². The molecule has 0 atom stereocenters. The Labute approximate surface area is 119 Å². The highest BCUT2D eigenvalue weighted by molar-refractivity contribution is 5.50. The van der Waals surface area contributed by atoms with E-state index >= 15 is 0 Å². The molecule has 0 saturated heterocycles. The molecule has 1 aromatic carbocycles. The van der Waals surface area contributed by atoms with Gasteiger partial charge in [-0.15, -0.1) is 5.10 Å². The highest BCUT2D eigenvalue weighted by Gasteiger charge is 2.26. The maximum absolute atomic E-state index is 5.79. The standard InChI is InChI=1S/C15H22N4O/c1-10-6-7-13(20-5)12(8-10)19-14(15(2,3)4)11(9-16)17-18-19/h6-8H,9,16H2,1-5H3. The van der Waals surface area contributed by atoms with Gasteiger partial charge >= 0.3 is 0 Å². The quantitative estimate of drug-likeness (QED) is 0.933. The maximum Gasteiger partial charge on any atom is 0.144 e. The average molecular weight is 274 g/mol. The van der Waals surface area contributed by atoms with Gasteiger partial charge in [0.25, 0.3) is 0 Å². The van der Waals surface area contributed by atoms with Gasteiger partial charge in [0.1, 0.15) is 17.1 Å². The molecule has 1 heterocycles. The van der Waals surface area contributed by atoms with Crippen molar-refractivity contribution in [3.8, 4) is 11.4 Å². The fraction of sp³-hybridized carbons (Fsp3) is 0.467. The van der Waals surface area contributed by atoms with Crippen LogP contribution < -0.4 is 10.5 Å². The molecule has 108 valence electrons. The molecule has 0 aliphatic heterocycles. The van der Waals surface area contributed by atoms with E-state index in [1.807, 2.05) is 29.8 Å². The van der Waals surface area contributed by atoms with Gasteiger partial charge in [-0.3, -0.25) is 0 Å². The van der Waals surface area contributed by atoms with E-state index in [0.717, 1.165) is 28.4 Å². The summed E-state index contributed by atoms with van der Waals surface area (Å²) in [7, 11) is 1.66. The van der Waals surface area contributed by atoms with Gasteiger partial charge in [-0.2, -0.15) is 0 Å². The largest absolute Gasteiger partial charge is 0.494 e. The van der Waals surface area contributed by atoms with Crippen LogP contribution in [0.2, 0.25) is 0 Å². The third kappa shape index (κ3) is 2.54. The summed E-state index contributed by atoms with van der Waals surface area (Å²) in [5.41, 5.74) is 9.56. The normalized spacial score (nSPS) is 11.7. The van der Waals surface area contributed by atoms with Crippen molar-refractivity contribution in [1.82, 2.24) is 15.0 Å². The van der Waals surface area contributed by atoms with E-state index in [1.165, 1.54) is 0 Å². The fourth-order valence-electron chi connectivity index (χ4n) is 2.34. The van der Waals surface area contributed by atoms with Crippen LogP contribution in [-0.2, 0) is 12.0 Å². The van der Waals surface area contributed by atoms with Crippen molar-refractivity contribution in [3.63, 3.8) is 0 Å². The number of hydrogen-bond acceptors (Lipinski definition) is 4. The summed E-state index contributed by atoms with van der Waals surface area (Å²) in [5.74, 6) is 0.773. The van der Waals surface area contributed by atoms with E-state index in [4.69, 9.17) is 10.5 Å². The topological polar surface area (TPSA) is 66.0 Å². The first-order chi connectivity index (χ1) is 9.38. The van der Waals surface area contributed by atoms with Crippen LogP contribution >= 0.6 is 0 Å². The van der Waals surface area contributed by atoms with Gasteiger partial charge in [0.2, 0.25) is 0 Å². The van der Waals surface area contributed by atoms with Crippen LogP contribution in [-0.4, -0.2) is 22.1 Å². The molecule has 0 aliphatic carbocycles. The predicted octanol–water partition coefficient (Wildman–Crippen LogP) is 2.34. The first-order valence-corrected chi connectivity index (χ1v) is 6.68. The first kappa shape index (κ1) is 14.5. The smallest absolute Gasteiger partial charge is 0.144 e. The molecule has 2 N–H and O–H groups in total. The molecule has 2 rings (SSSR count). The highest BCUT2D eigenvalue weighted by atomic mass is 16.5. The lowest BCUT2D eigenvalue weighted by Crippen LogP contribution is -2.21. The monoisotopic (exact) mass is 274 g/mol. The highest BCUT2D eigenvalue weighted by Crippen LogP contribution is 2.31. The summed E-state index contributed by atoms with van der Waals surface area (Å²) in [6.07, 6.45) is 0. The van der Waals surface area contributed by atoms with Gasteiger partial charge in [0.15, 0.2) is 0 Å². The molecule has 0 aliphatic rings. The Morgan fingerprint density at radius 1 is 1.30 bits per heavy atom. The Balaban J connectivity index is 2.70.